The third-order valence-corrected chi connectivity index (χ3v) is 8.05. The fourth-order valence-electron chi connectivity index (χ4n) is 5.57. The van der Waals surface area contributed by atoms with E-state index in [1.165, 1.54) is 0 Å². The van der Waals surface area contributed by atoms with Gasteiger partial charge in [-0.05, 0) is 53.8 Å². The second-order valence-electron chi connectivity index (χ2n) is 11.8. The van der Waals surface area contributed by atoms with Gasteiger partial charge in [-0.15, -0.1) is 6.58 Å². The number of likely N-dealkylation sites (N-methyl/N-ethyl adjacent to an activating group) is 1. The first-order chi connectivity index (χ1) is 21.8. The molecule has 4 rings (SSSR count). The molecule has 8 nitrogen and oxygen atoms in total. The molecule has 240 valence electrons. The molecule has 1 aliphatic rings. The molecule has 0 bridgehead atoms. The number of rotatable bonds is 17. The highest BCUT2D eigenvalue weighted by molar-refractivity contribution is 5.76. The molecule has 0 aliphatic carbocycles. The topological polar surface area (TPSA) is 108 Å². The van der Waals surface area contributed by atoms with Crippen molar-refractivity contribution in [2.24, 2.45) is 0 Å². The van der Waals surface area contributed by atoms with E-state index in [0.717, 1.165) is 72.2 Å². The summed E-state index contributed by atoms with van der Waals surface area (Å²) in [6, 6.07) is 24.3. The fraction of sp³-hybridized carbons (Fsp3) is 0.405. The highest BCUT2D eigenvalue weighted by Gasteiger charge is 2.32. The summed E-state index contributed by atoms with van der Waals surface area (Å²) in [6.45, 7) is 5.85. The molecule has 0 radical (unpaired) electrons. The van der Waals surface area contributed by atoms with Crippen LogP contribution in [0.4, 0.5) is 0 Å². The second-order valence-corrected chi connectivity index (χ2v) is 11.8. The molecule has 0 aromatic heterocycles. The van der Waals surface area contributed by atoms with Gasteiger partial charge < -0.3 is 29.9 Å². The lowest BCUT2D eigenvalue weighted by Crippen LogP contribution is -2.37. The minimum absolute atomic E-state index is 0.00658. The number of ether oxygens (including phenoxy) is 2. The Balaban J connectivity index is 1.36. The number of hydrogen-bond donors (Lipinski definition) is 3. The number of carboxylic acid groups (broad SMARTS) is 1. The summed E-state index contributed by atoms with van der Waals surface area (Å²) < 4.78 is 13.0. The molecule has 3 aromatic carbocycles. The molecule has 1 amide bonds. The van der Waals surface area contributed by atoms with E-state index in [1.807, 2.05) is 54.6 Å². The zero-order valence-corrected chi connectivity index (χ0v) is 26.2. The number of carbonyl (C=O) groups excluding carboxylic acids is 1. The maximum Gasteiger partial charge on any atom is 0.303 e. The molecule has 3 atom stereocenters. The van der Waals surface area contributed by atoms with E-state index in [2.05, 4.69) is 48.1 Å². The van der Waals surface area contributed by atoms with Gasteiger partial charge in [-0.1, -0.05) is 85.6 Å². The minimum atomic E-state index is -0.772. The van der Waals surface area contributed by atoms with Gasteiger partial charge in [0.05, 0.1) is 18.8 Å². The van der Waals surface area contributed by atoms with E-state index in [1.54, 1.807) is 0 Å². The Labute approximate surface area is 266 Å². The first kappa shape index (κ1) is 34.1. The third kappa shape index (κ3) is 10.9. The predicted molar refractivity (Wildman–Crippen MR) is 175 cm³/mol. The molecule has 0 saturated carbocycles. The van der Waals surface area contributed by atoms with Crippen molar-refractivity contribution in [3.05, 3.63) is 108 Å². The average Bonchev–Trinajstić information content (AvgIpc) is 3.05. The number of aliphatic hydroxyl groups is 1. The summed E-state index contributed by atoms with van der Waals surface area (Å²) in [5.74, 6) is -0.766. The van der Waals surface area contributed by atoms with E-state index in [4.69, 9.17) is 14.6 Å². The Morgan fingerprint density at radius 1 is 0.911 bits per heavy atom. The lowest BCUT2D eigenvalue weighted by molar-refractivity contribution is -0.252. The van der Waals surface area contributed by atoms with Gasteiger partial charge in [-0.25, -0.2) is 0 Å². The van der Waals surface area contributed by atoms with Gasteiger partial charge in [0.15, 0.2) is 6.29 Å². The number of nitrogens with zero attached hydrogens (tertiary/aromatic N) is 1. The Kier molecular flexibility index (Phi) is 13.3. The molecule has 1 saturated heterocycles. The van der Waals surface area contributed by atoms with E-state index in [9.17, 15) is 14.7 Å². The van der Waals surface area contributed by atoms with Crippen LogP contribution in [0.3, 0.4) is 0 Å². The van der Waals surface area contributed by atoms with Gasteiger partial charge in [-0.2, -0.15) is 0 Å². The molecule has 3 aromatic rings. The number of benzene rings is 3. The van der Waals surface area contributed by atoms with Crippen LogP contribution in [0.25, 0.3) is 11.1 Å². The first-order valence-corrected chi connectivity index (χ1v) is 15.8. The largest absolute Gasteiger partial charge is 0.481 e. The average molecular weight is 615 g/mol. The summed E-state index contributed by atoms with van der Waals surface area (Å²) in [7, 11) is 2.06. The van der Waals surface area contributed by atoms with Crippen molar-refractivity contribution < 1.29 is 29.3 Å². The van der Waals surface area contributed by atoms with Gasteiger partial charge >= 0.3 is 5.97 Å². The SMILES string of the molecule is C=CCN(C)C[C@H]1C[C@@H](c2ccc(CO)cc2)O[C@@H](c2ccc(-c3cccc(CNC(=O)CCCCCCC(=O)O)c3)cc2)O1. The van der Waals surface area contributed by atoms with Crippen molar-refractivity contribution >= 4 is 11.9 Å². The van der Waals surface area contributed by atoms with Gasteiger partial charge in [0.1, 0.15) is 0 Å². The number of carbonyl (C=O) groups is 2. The molecule has 3 N–H and O–H groups in total. The van der Waals surface area contributed by atoms with Crippen molar-refractivity contribution in [3.8, 4) is 11.1 Å². The highest BCUT2D eigenvalue weighted by Crippen LogP contribution is 2.38. The Bertz CT molecular complexity index is 1370. The van der Waals surface area contributed by atoms with Crippen LogP contribution in [0.15, 0.2) is 85.5 Å². The lowest BCUT2D eigenvalue weighted by atomic mass is 9.99. The number of amides is 1. The smallest absolute Gasteiger partial charge is 0.303 e. The van der Waals surface area contributed by atoms with Gasteiger partial charge in [0, 0.05) is 44.5 Å². The summed E-state index contributed by atoms with van der Waals surface area (Å²) in [5.41, 5.74) is 6.01. The fourth-order valence-corrected chi connectivity index (χ4v) is 5.57. The summed E-state index contributed by atoms with van der Waals surface area (Å²) in [4.78, 5) is 25.1. The van der Waals surface area contributed by atoms with Crippen LogP contribution in [0.2, 0.25) is 0 Å². The molecule has 0 spiro atoms. The predicted octanol–water partition coefficient (Wildman–Crippen LogP) is 6.55. The Morgan fingerprint density at radius 3 is 2.31 bits per heavy atom. The summed E-state index contributed by atoms with van der Waals surface area (Å²) >= 11 is 0. The molecule has 0 unspecified atom stereocenters. The van der Waals surface area contributed by atoms with Crippen LogP contribution in [0.5, 0.6) is 0 Å². The molecular formula is C37H46N2O6. The van der Waals surface area contributed by atoms with Crippen LogP contribution >= 0.6 is 0 Å². The van der Waals surface area contributed by atoms with E-state index in [0.29, 0.717) is 19.4 Å². The van der Waals surface area contributed by atoms with Gasteiger partial charge in [-0.3, -0.25) is 9.59 Å². The van der Waals surface area contributed by atoms with Gasteiger partial charge in [0.2, 0.25) is 5.91 Å². The molecular weight excluding hydrogens is 568 g/mol. The second kappa shape index (κ2) is 17.6. The van der Waals surface area contributed by atoms with Crippen molar-refractivity contribution in [3.63, 3.8) is 0 Å². The standard InChI is InChI=1S/C37H46N2O6/c1-3-21-39(2)25-33-23-34(30-15-13-27(26-40)14-16-30)45-37(44-33)31-19-17-29(18-20-31)32-10-8-9-28(22-32)24-38-35(41)11-6-4-5-7-12-36(42)43/h3,8-10,13-20,22,33-34,37,40H,1,4-7,11-12,21,23-26H2,2H3,(H,38,41)(H,42,43)/t33-,34+,37+/m1/s1. The van der Waals surface area contributed by atoms with Crippen LogP contribution in [0, 0.1) is 0 Å². The van der Waals surface area contributed by atoms with E-state index >= 15 is 0 Å². The number of aliphatic carboxylic acids is 1. The number of carboxylic acids is 1. The molecule has 1 fully saturated rings. The monoisotopic (exact) mass is 614 g/mol. The van der Waals surface area contributed by atoms with Crippen LogP contribution in [-0.4, -0.2) is 53.2 Å². The summed E-state index contributed by atoms with van der Waals surface area (Å²) in [6.07, 6.45) is 5.66. The highest BCUT2D eigenvalue weighted by atomic mass is 16.7. The maximum atomic E-state index is 12.3. The number of unbranched alkanes of at least 4 members (excludes halogenated alkanes) is 3. The van der Waals surface area contributed by atoms with Crippen molar-refractivity contribution in [1.82, 2.24) is 10.2 Å². The number of hydrogen-bond acceptors (Lipinski definition) is 6. The number of aliphatic hydroxyl groups excluding tert-OH is 1. The van der Waals surface area contributed by atoms with E-state index in [-0.39, 0.29) is 31.1 Å². The van der Waals surface area contributed by atoms with E-state index < -0.39 is 12.3 Å². The molecule has 1 aliphatic heterocycles. The lowest BCUT2D eigenvalue weighted by Gasteiger charge is -2.37. The first-order valence-electron chi connectivity index (χ1n) is 15.8. The quantitative estimate of drug-likeness (QED) is 0.117. The minimum Gasteiger partial charge on any atom is -0.481 e. The third-order valence-electron chi connectivity index (χ3n) is 8.05. The zero-order valence-electron chi connectivity index (χ0n) is 26.2. The van der Waals surface area contributed by atoms with Gasteiger partial charge in [0.25, 0.3) is 0 Å². The zero-order chi connectivity index (χ0) is 32.0. The van der Waals surface area contributed by atoms with Crippen LogP contribution in [-0.2, 0) is 32.2 Å². The van der Waals surface area contributed by atoms with Crippen molar-refractivity contribution in [1.29, 1.82) is 0 Å². The number of nitrogens with one attached hydrogen (secondary N) is 1. The maximum absolute atomic E-state index is 12.3. The molecule has 1 heterocycles. The summed E-state index contributed by atoms with van der Waals surface area (Å²) in [5, 5.41) is 21.2. The Hall–Kier alpha value is -3.82. The van der Waals surface area contributed by atoms with Crippen molar-refractivity contribution in [2.45, 2.75) is 76.6 Å². The van der Waals surface area contributed by atoms with Crippen molar-refractivity contribution in [2.75, 3.05) is 20.1 Å². The van der Waals surface area contributed by atoms with Crippen LogP contribution < -0.4 is 5.32 Å². The molecule has 45 heavy (non-hydrogen) atoms. The normalized spacial score (nSPS) is 18.1. The molecule has 8 heteroatoms. The van der Waals surface area contributed by atoms with Crippen LogP contribution in [0.1, 0.15) is 79.6 Å². The Morgan fingerprint density at radius 2 is 1.62 bits per heavy atom.